The van der Waals surface area contributed by atoms with E-state index in [1.807, 2.05) is 20.8 Å². The summed E-state index contributed by atoms with van der Waals surface area (Å²) >= 11 is 0. The maximum atomic E-state index is 10.7. The first-order valence-electron chi connectivity index (χ1n) is 10.8. The van der Waals surface area contributed by atoms with Crippen molar-refractivity contribution in [3.8, 4) is 0 Å². The number of ether oxygens (including phenoxy) is 2. The predicted molar refractivity (Wildman–Crippen MR) is 110 cm³/mol. The Hall–Kier alpha value is -0.700. The molecule has 0 saturated carbocycles. The van der Waals surface area contributed by atoms with Crippen LogP contribution >= 0.6 is 0 Å². The van der Waals surface area contributed by atoms with Crippen LogP contribution in [0.25, 0.3) is 0 Å². The van der Waals surface area contributed by atoms with Crippen molar-refractivity contribution in [2.24, 2.45) is 17.8 Å². The monoisotopic (exact) mass is 368 g/mol. The molecule has 154 valence electrons. The van der Waals surface area contributed by atoms with Gasteiger partial charge in [-0.3, -0.25) is 0 Å². The van der Waals surface area contributed by atoms with Gasteiger partial charge >= 0.3 is 0 Å². The van der Waals surface area contributed by atoms with Gasteiger partial charge in [0.2, 0.25) is 5.79 Å². The minimum atomic E-state index is -0.932. The molecule has 0 bridgehead atoms. The van der Waals surface area contributed by atoms with Crippen molar-refractivity contribution < 1.29 is 14.6 Å². The summed E-state index contributed by atoms with van der Waals surface area (Å²) in [5.41, 5.74) is -0.932. The van der Waals surface area contributed by atoms with Crippen LogP contribution in [-0.2, 0) is 9.47 Å². The molecule has 1 N–H and O–H groups in total. The van der Waals surface area contributed by atoms with Gasteiger partial charge in [0.1, 0.15) is 11.9 Å². The molecule has 3 nitrogen and oxygen atoms in total. The minimum absolute atomic E-state index is 0.561. The van der Waals surface area contributed by atoms with Crippen molar-refractivity contribution in [2.75, 3.05) is 0 Å². The molecule has 0 saturated heterocycles. The van der Waals surface area contributed by atoms with Gasteiger partial charge in [-0.25, -0.2) is 0 Å². The van der Waals surface area contributed by atoms with Crippen LogP contribution < -0.4 is 0 Å². The molecule has 26 heavy (non-hydrogen) atoms. The second-order valence-electron chi connectivity index (χ2n) is 9.73. The maximum Gasteiger partial charge on any atom is 0.244 e. The molecule has 0 aromatic rings. The summed E-state index contributed by atoms with van der Waals surface area (Å²) in [4.78, 5) is 0. The highest BCUT2D eigenvalue weighted by Crippen LogP contribution is 2.34. The molecule has 0 fully saturated rings. The molecule has 3 heteroatoms. The smallest absolute Gasteiger partial charge is 0.244 e. The molecule has 0 radical (unpaired) electrons. The molecule has 3 atom stereocenters. The van der Waals surface area contributed by atoms with E-state index in [2.05, 4.69) is 27.7 Å². The van der Waals surface area contributed by atoms with Crippen molar-refractivity contribution in [1.29, 1.82) is 0 Å². The second-order valence-corrected chi connectivity index (χ2v) is 9.73. The van der Waals surface area contributed by atoms with Gasteiger partial charge in [0.05, 0.1) is 0 Å². The van der Waals surface area contributed by atoms with Crippen LogP contribution in [-0.4, -0.2) is 16.5 Å². The van der Waals surface area contributed by atoms with Crippen LogP contribution in [0.5, 0.6) is 0 Å². The van der Waals surface area contributed by atoms with Crippen LogP contribution in [0, 0.1) is 17.8 Å². The lowest BCUT2D eigenvalue weighted by Crippen LogP contribution is -2.31. The van der Waals surface area contributed by atoms with E-state index < -0.39 is 11.4 Å². The Balaban J connectivity index is 2.13. The summed E-state index contributed by atoms with van der Waals surface area (Å²) in [5, 5.41) is 10.7. The first-order valence-corrected chi connectivity index (χ1v) is 10.8. The average Bonchev–Trinajstić information content (AvgIpc) is 2.87. The number of hydrogen-bond donors (Lipinski definition) is 1. The summed E-state index contributed by atoms with van der Waals surface area (Å²) in [5.74, 6) is 2.32. The van der Waals surface area contributed by atoms with Gasteiger partial charge in [-0.1, -0.05) is 72.6 Å². The zero-order valence-corrected chi connectivity index (χ0v) is 18.4. The Kier molecular flexibility index (Phi) is 9.50. The molecular formula is C23H44O3. The van der Waals surface area contributed by atoms with Gasteiger partial charge in [-0.15, -0.1) is 0 Å². The van der Waals surface area contributed by atoms with Crippen molar-refractivity contribution in [3.05, 3.63) is 12.0 Å². The topological polar surface area (TPSA) is 38.7 Å². The van der Waals surface area contributed by atoms with E-state index >= 15 is 0 Å². The zero-order valence-electron chi connectivity index (χ0n) is 18.4. The highest BCUT2D eigenvalue weighted by atomic mass is 16.7. The normalized spacial score (nSPS) is 20.9. The fourth-order valence-corrected chi connectivity index (χ4v) is 3.64. The minimum Gasteiger partial charge on any atom is -0.457 e. The zero-order chi connectivity index (χ0) is 19.8. The van der Waals surface area contributed by atoms with E-state index in [1.165, 1.54) is 38.5 Å². The molecule has 1 heterocycles. The van der Waals surface area contributed by atoms with Crippen molar-refractivity contribution in [2.45, 2.75) is 118 Å². The lowest BCUT2D eigenvalue weighted by Gasteiger charge is -2.27. The van der Waals surface area contributed by atoms with Gasteiger partial charge in [0.15, 0.2) is 5.76 Å². The van der Waals surface area contributed by atoms with Crippen LogP contribution in [0.4, 0.5) is 0 Å². The third kappa shape index (κ3) is 9.30. The first-order chi connectivity index (χ1) is 12.0. The van der Waals surface area contributed by atoms with E-state index in [0.717, 1.165) is 30.6 Å². The Morgan fingerprint density at radius 2 is 1.42 bits per heavy atom. The quantitative estimate of drug-likeness (QED) is 0.388. The molecule has 0 amide bonds. The third-order valence-electron chi connectivity index (χ3n) is 5.57. The lowest BCUT2D eigenvalue weighted by molar-refractivity contribution is -0.134. The van der Waals surface area contributed by atoms with Crippen molar-refractivity contribution >= 4 is 0 Å². The Labute approximate surface area is 162 Å². The molecule has 1 aliphatic rings. The van der Waals surface area contributed by atoms with Gasteiger partial charge in [-0.2, -0.15) is 0 Å². The third-order valence-corrected chi connectivity index (χ3v) is 5.57. The largest absolute Gasteiger partial charge is 0.457 e. The van der Waals surface area contributed by atoms with Gasteiger partial charge in [0, 0.05) is 13.8 Å². The molecule has 0 aromatic heterocycles. The molecule has 0 spiro atoms. The Morgan fingerprint density at radius 1 is 0.923 bits per heavy atom. The molecule has 0 aromatic carbocycles. The molecule has 3 unspecified atom stereocenters. The Morgan fingerprint density at radius 3 is 1.88 bits per heavy atom. The van der Waals surface area contributed by atoms with Gasteiger partial charge < -0.3 is 14.6 Å². The summed E-state index contributed by atoms with van der Waals surface area (Å²) in [6.07, 6.45) is 12.6. The van der Waals surface area contributed by atoms with Crippen LogP contribution in [0.3, 0.4) is 0 Å². The summed E-state index contributed by atoms with van der Waals surface area (Å²) in [6, 6.07) is 0. The van der Waals surface area contributed by atoms with Crippen LogP contribution in [0.15, 0.2) is 12.0 Å². The highest BCUT2D eigenvalue weighted by molar-refractivity contribution is 5.09. The van der Waals surface area contributed by atoms with E-state index in [4.69, 9.17) is 9.47 Å². The lowest BCUT2D eigenvalue weighted by atomic mass is 9.90. The van der Waals surface area contributed by atoms with Gasteiger partial charge in [0.25, 0.3) is 0 Å². The second kappa shape index (κ2) is 10.6. The summed E-state index contributed by atoms with van der Waals surface area (Å²) in [6.45, 7) is 14.9. The van der Waals surface area contributed by atoms with Crippen LogP contribution in [0.1, 0.15) is 106 Å². The average molecular weight is 369 g/mol. The van der Waals surface area contributed by atoms with Crippen molar-refractivity contribution in [1.82, 2.24) is 0 Å². The highest BCUT2D eigenvalue weighted by Gasteiger charge is 2.37. The summed E-state index contributed by atoms with van der Waals surface area (Å²) in [7, 11) is 0. The standard InChI is InChI=1S/C23H44O3/c1-18(2)11-8-12-19(3)13-9-14-20(4)15-10-16-23(7,24)21-17-25-22(5,6)26-21/h17-20,24H,8-16H2,1-7H3. The first kappa shape index (κ1) is 23.3. The van der Waals surface area contributed by atoms with Gasteiger partial charge in [-0.05, 0) is 37.5 Å². The predicted octanol–water partition coefficient (Wildman–Crippen LogP) is 6.80. The molecular weight excluding hydrogens is 324 g/mol. The fourth-order valence-electron chi connectivity index (χ4n) is 3.64. The van der Waals surface area contributed by atoms with Crippen molar-refractivity contribution in [3.63, 3.8) is 0 Å². The number of aliphatic hydroxyl groups is 1. The fraction of sp³-hybridized carbons (Fsp3) is 0.913. The van der Waals surface area contributed by atoms with Crippen LogP contribution in [0.2, 0.25) is 0 Å². The SMILES string of the molecule is CC(C)CCCC(C)CCCC(C)CCCC(C)(O)C1=COC(C)(C)O1. The van der Waals surface area contributed by atoms with E-state index in [9.17, 15) is 5.11 Å². The Bertz CT molecular complexity index is 423. The molecule has 0 aliphatic carbocycles. The molecule has 1 aliphatic heterocycles. The maximum absolute atomic E-state index is 10.7. The summed E-state index contributed by atoms with van der Waals surface area (Å²) < 4.78 is 11.1. The van der Waals surface area contributed by atoms with E-state index in [-0.39, 0.29) is 0 Å². The van der Waals surface area contributed by atoms with E-state index in [0.29, 0.717) is 12.2 Å². The molecule has 1 rings (SSSR count). The number of rotatable bonds is 13. The van der Waals surface area contributed by atoms with E-state index in [1.54, 1.807) is 6.26 Å². The number of hydrogen-bond acceptors (Lipinski definition) is 3.